The number of benzene rings is 1. The topological polar surface area (TPSA) is 99.3 Å². The fourth-order valence-corrected chi connectivity index (χ4v) is 3.00. The van der Waals surface area contributed by atoms with E-state index in [2.05, 4.69) is 36.8 Å². The molecule has 1 aliphatic rings. The van der Waals surface area contributed by atoms with Gasteiger partial charge >= 0.3 is 0 Å². The molecular formula is C17H18N6O. The van der Waals surface area contributed by atoms with Gasteiger partial charge in [0.2, 0.25) is 5.95 Å². The maximum atomic E-state index is 12.6. The Morgan fingerprint density at radius 2 is 2.00 bits per heavy atom. The first-order valence-electron chi connectivity index (χ1n) is 8.02. The number of aromatic nitrogens is 5. The molecule has 122 valence electrons. The summed E-state index contributed by atoms with van der Waals surface area (Å²) in [5.74, 6) is 0.978. The molecule has 3 aromatic rings. The third kappa shape index (κ3) is 2.38. The van der Waals surface area contributed by atoms with Gasteiger partial charge in [-0.2, -0.15) is 10.1 Å². The van der Waals surface area contributed by atoms with Crippen molar-refractivity contribution in [1.29, 1.82) is 0 Å². The van der Waals surface area contributed by atoms with Gasteiger partial charge < -0.3 is 0 Å². The summed E-state index contributed by atoms with van der Waals surface area (Å²) < 4.78 is 0. The van der Waals surface area contributed by atoms with Gasteiger partial charge in [0.05, 0.1) is 5.69 Å². The van der Waals surface area contributed by atoms with E-state index in [-0.39, 0.29) is 17.8 Å². The molecule has 0 saturated carbocycles. The minimum Gasteiger partial charge on any atom is -0.288 e. The number of hydrogen-bond donors (Lipinski definition) is 3. The normalized spacial score (nSPS) is 12.8. The zero-order valence-electron chi connectivity index (χ0n) is 13.6. The number of anilines is 1. The molecule has 1 aliphatic carbocycles. The summed E-state index contributed by atoms with van der Waals surface area (Å²) in [4.78, 5) is 16.8. The molecule has 2 aromatic heterocycles. The number of carbonyl (C=O) groups is 1. The maximum absolute atomic E-state index is 12.6. The Kier molecular flexibility index (Phi) is 3.41. The predicted molar refractivity (Wildman–Crippen MR) is 89.9 cm³/mol. The van der Waals surface area contributed by atoms with Gasteiger partial charge in [-0.25, -0.2) is 0 Å². The van der Waals surface area contributed by atoms with E-state index in [0.29, 0.717) is 5.69 Å². The molecule has 0 aliphatic heterocycles. The quantitative estimate of drug-likeness (QED) is 0.690. The van der Waals surface area contributed by atoms with Crippen LogP contribution in [-0.2, 0) is 12.8 Å². The highest BCUT2D eigenvalue weighted by Crippen LogP contribution is 2.33. The van der Waals surface area contributed by atoms with E-state index in [1.807, 2.05) is 32.0 Å². The number of aromatic amines is 2. The van der Waals surface area contributed by atoms with Crippen molar-refractivity contribution in [3.63, 3.8) is 0 Å². The molecule has 24 heavy (non-hydrogen) atoms. The van der Waals surface area contributed by atoms with E-state index in [4.69, 9.17) is 0 Å². The van der Waals surface area contributed by atoms with E-state index in [9.17, 15) is 4.79 Å². The molecule has 0 spiro atoms. The molecular weight excluding hydrogens is 304 g/mol. The van der Waals surface area contributed by atoms with Crippen LogP contribution in [0.2, 0.25) is 0 Å². The van der Waals surface area contributed by atoms with Crippen LogP contribution in [0.25, 0.3) is 11.3 Å². The molecule has 0 saturated heterocycles. The average Bonchev–Trinajstić information content (AvgIpc) is 3.21. The van der Waals surface area contributed by atoms with E-state index >= 15 is 0 Å². The lowest BCUT2D eigenvalue weighted by molar-refractivity contribution is 0.102. The number of aryl methyl sites for hydroxylation is 1. The van der Waals surface area contributed by atoms with Crippen LogP contribution in [0.15, 0.2) is 24.3 Å². The highest BCUT2D eigenvalue weighted by Gasteiger charge is 2.25. The minimum atomic E-state index is -0.266. The number of nitrogens with one attached hydrogen (secondary N) is 3. The van der Waals surface area contributed by atoms with Crippen molar-refractivity contribution >= 4 is 11.9 Å². The smallest absolute Gasteiger partial charge is 0.276 e. The number of hydrogen-bond acceptors (Lipinski definition) is 4. The van der Waals surface area contributed by atoms with Crippen LogP contribution in [0.3, 0.4) is 0 Å². The van der Waals surface area contributed by atoms with Gasteiger partial charge in [0, 0.05) is 17.0 Å². The molecule has 0 fully saturated rings. The lowest BCUT2D eigenvalue weighted by Gasteiger charge is -2.15. The number of carbonyl (C=O) groups excluding carboxylic acids is 1. The van der Waals surface area contributed by atoms with Crippen molar-refractivity contribution in [2.24, 2.45) is 0 Å². The van der Waals surface area contributed by atoms with Gasteiger partial charge in [-0.05, 0) is 18.4 Å². The molecule has 3 N–H and O–H groups in total. The SMILES string of the molecule is CC(C)c1nc(NC(=O)c2[nH]nc3c2CCc2ccccc2-3)n[nH]1. The Morgan fingerprint density at radius 3 is 2.79 bits per heavy atom. The largest absolute Gasteiger partial charge is 0.288 e. The Labute approximate surface area is 138 Å². The molecule has 0 radical (unpaired) electrons. The van der Waals surface area contributed by atoms with Crippen LogP contribution < -0.4 is 5.32 Å². The van der Waals surface area contributed by atoms with Crippen LogP contribution in [0.1, 0.15) is 47.2 Å². The Morgan fingerprint density at radius 1 is 1.17 bits per heavy atom. The summed E-state index contributed by atoms with van der Waals surface area (Å²) in [6.45, 7) is 4.02. The first kappa shape index (κ1) is 14.6. The monoisotopic (exact) mass is 322 g/mol. The van der Waals surface area contributed by atoms with Gasteiger partial charge in [0.15, 0.2) is 0 Å². The minimum absolute atomic E-state index is 0.222. The third-order valence-electron chi connectivity index (χ3n) is 4.29. The number of fused-ring (bicyclic) bond motifs is 3. The van der Waals surface area contributed by atoms with Crippen molar-refractivity contribution < 1.29 is 4.79 Å². The predicted octanol–water partition coefficient (Wildman–Crippen LogP) is 2.67. The van der Waals surface area contributed by atoms with E-state index in [1.165, 1.54) is 5.56 Å². The van der Waals surface area contributed by atoms with Gasteiger partial charge in [-0.15, -0.1) is 5.10 Å². The average molecular weight is 322 g/mol. The Balaban J connectivity index is 1.62. The lowest BCUT2D eigenvalue weighted by atomic mass is 9.89. The molecule has 1 amide bonds. The van der Waals surface area contributed by atoms with Gasteiger partial charge in [-0.3, -0.25) is 20.3 Å². The molecule has 2 heterocycles. The van der Waals surface area contributed by atoms with Crippen molar-refractivity contribution in [3.8, 4) is 11.3 Å². The second-order valence-corrected chi connectivity index (χ2v) is 6.24. The zero-order chi connectivity index (χ0) is 16.7. The summed E-state index contributed by atoms with van der Waals surface area (Å²) in [6.07, 6.45) is 1.69. The number of rotatable bonds is 3. The second-order valence-electron chi connectivity index (χ2n) is 6.24. The molecule has 7 nitrogen and oxygen atoms in total. The van der Waals surface area contributed by atoms with Gasteiger partial charge in [-0.1, -0.05) is 38.1 Å². The Bertz CT molecular complexity index is 907. The fraction of sp³-hybridized carbons (Fsp3) is 0.294. The van der Waals surface area contributed by atoms with Crippen LogP contribution in [0.4, 0.5) is 5.95 Å². The summed E-state index contributed by atoms with van der Waals surface area (Å²) in [7, 11) is 0. The van der Waals surface area contributed by atoms with Crippen LogP contribution in [0.5, 0.6) is 0 Å². The van der Waals surface area contributed by atoms with Crippen LogP contribution >= 0.6 is 0 Å². The molecule has 0 bridgehead atoms. The first-order valence-corrected chi connectivity index (χ1v) is 8.02. The van der Waals surface area contributed by atoms with E-state index < -0.39 is 0 Å². The van der Waals surface area contributed by atoms with Gasteiger partial charge in [0.25, 0.3) is 5.91 Å². The summed E-state index contributed by atoms with van der Waals surface area (Å²) in [6, 6.07) is 8.16. The first-order chi connectivity index (χ1) is 11.6. The molecule has 0 atom stereocenters. The number of H-pyrrole nitrogens is 2. The molecule has 4 rings (SSSR count). The highest BCUT2D eigenvalue weighted by atomic mass is 16.2. The Hall–Kier alpha value is -2.96. The van der Waals surface area contributed by atoms with E-state index in [1.54, 1.807) is 0 Å². The number of nitrogens with zero attached hydrogens (tertiary/aromatic N) is 3. The molecule has 0 unspecified atom stereocenters. The van der Waals surface area contributed by atoms with Crippen molar-refractivity contribution in [1.82, 2.24) is 25.4 Å². The van der Waals surface area contributed by atoms with Crippen molar-refractivity contribution in [2.45, 2.75) is 32.6 Å². The zero-order valence-corrected chi connectivity index (χ0v) is 13.6. The lowest BCUT2D eigenvalue weighted by Crippen LogP contribution is -2.16. The maximum Gasteiger partial charge on any atom is 0.276 e. The van der Waals surface area contributed by atoms with E-state index in [0.717, 1.165) is 35.5 Å². The summed E-state index contributed by atoms with van der Waals surface area (Å²) in [5, 5.41) is 16.8. The summed E-state index contributed by atoms with van der Waals surface area (Å²) >= 11 is 0. The molecule has 1 aromatic carbocycles. The molecule has 7 heteroatoms. The standard InChI is InChI=1S/C17H18N6O/c1-9(2)15-18-17(23-22-15)19-16(24)14-12-8-7-10-5-3-4-6-11(10)13(12)20-21-14/h3-6,9H,7-8H2,1-2H3,(H,20,21)(H2,18,19,22,23,24). The van der Waals surface area contributed by atoms with Crippen molar-refractivity contribution in [2.75, 3.05) is 5.32 Å². The summed E-state index contributed by atoms with van der Waals surface area (Å²) in [5.41, 5.74) is 4.65. The highest BCUT2D eigenvalue weighted by molar-refractivity contribution is 6.04. The van der Waals surface area contributed by atoms with Gasteiger partial charge in [0.1, 0.15) is 11.5 Å². The van der Waals surface area contributed by atoms with Crippen LogP contribution in [-0.4, -0.2) is 31.3 Å². The van der Waals surface area contributed by atoms with Crippen LogP contribution in [0, 0.1) is 0 Å². The fourth-order valence-electron chi connectivity index (χ4n) is 3.00. The van der Waals surface area contributed by atoms with Crippen molar-refractivity contribution in [3.05, 3.63) is 46.9 Å². The second kappa shape index (κ2) is 5.59. The third-order valence-corrected chi connectivity index (χ3v) is 4.29. The number of amides is 1.